The standard InChI is InChI=1S/C4H6NP/c1-2-6-3-4(6)5/h2-3H,1,5H2. The van der Waals surface area contributed by atoms with Gasteiger partial charge in [0.15, 0.2) is 0 Å². The lowest BCUT2D eigenvalue weighted by Crippen LogP contribution is -1.75. The molecule has 0 aromatic heterocycles. The molecule has 0 radical (unpaired) electrons. The number of rotatable bonds is 1. The fraction of sp³-hybridized carbons (Fsp3) is 0. The van der Waals surface area contributed by atoms with Crippen LogP contribution in [0.5, 0.6) is 0 Å². The molecule has 6 heavy (non-hydrogen) atoms. The van der Waals surface area contributed by atoms with Crippen molar-refractivity contribution in [3.63, 3.8) is 0 Å². The average molecular weight is 99.1 g/mol. The van der Waals surface area contributed by atoms with Crippen molar-refractivity contribution >= 4 is 7.92 Å². The van der Waals surface area contributed by atoms with Crippen LogP contribution in [0.15, 0.2) is 23.7 Å². The lowest BCUT2D eigenvalue weighted by Gasteiger charge is -1.76. The Hall–Kier alpha value is -0.290. The van der Waals surface area contributed by atoms with Gasteiger partial charge in [0.2, 0.25) is 0 Å². The lowest BCUT2D eigenvalue weighted by atomic mass is 11.1. The maximum Gasteiger partial charge on any atom is 0.0409 e. The molecular weight excluding hydrogens is 93.0 g/mol. The predicted molar refractivity (Wildman–Crippen MR) is 29.4 cm³/mol. The molecule has 0 fully saturated rings. The molecule has 1 unspecified atom stereocenters. The molecule has 1 aliphatic rings. The van der Waals surface area contributed by atoms with Crippen molar-refractivity contribution in [2.24, 2.45) is 5.73 Å². The van der Waals surface area contributed by atoms with E-state index in [4.69, 9.17) is 5.73 Å². The van der Waals surface area contributed by atoms with Crippen molar-refractivity contribution in [3.8, 4) is 0 Å². The van der Waals surface area contributed by atoms with Gasteiger partial charge in [-0.15, -0.1) is 0 Å². The van der Waals surface area contributed by atoms with Crippen LogP contribution in [0.2, 0.25) is 0 Å². The van der Waals surface area contributed by atoms with Crippen molar-refractivity contribution in [3.05, 3.63) is 23.7 Å². The van der Waals surface area contributed by atoms with E-state index in [0.29, 0.717) is 0 Å². The summed E-state index contributed by atoms with van der Waals surface area (Å²) < 4.78 is 0. The van der Waals surface area contributed by atoms with Crippen LogP contribution in [-0.4, -0.2) is 0 Å². The molecule has 0 spiro atoms. The highest BCUT2D eigenvalue weighted by Gasteiger charge is 2.15. The van der Waals surface area contributed by atoms with Crippen LogP contribution < -0.4 is 5.73 Å². The van der Waals surface area contributed by atoms with E-state index in [-0.39, 0.29) is 7.92 Å². The second-order valence-electron chi connectivity index (χ2n) is 1.14. The Kier molecular flexibility index (Phi) is 0.706. The summed E-state index contributed by atoms with van der Waals surface area (Å²) in [6.07, 6.45) is 0. The molecule has 0 aromatic carbocycles. The molecule has 1 nitrogen and oxygen atoms in total. The van der Waals surface area contributed by atoms with Crippen molar-refractivity contribution in [2.75, 3.05) is 0 Å². The minimum atomic E-state index is -0.0761. The first-order valence-electron chi connectivity index (χ1n) is 1.73. The monoisotopic (exact) mass is 99.0 g/mol. The minimum absolute atomic E-state index is 0.0761. The summed E-state index contributed by atoms with van der Waals surface area (Å²) in [5.41, 5.74) is 6.32. The highest BCUT2D eigenvalue weighted by molar-refractivity contribution is 7.75. The summed E-state index contributed by atoms with van der Waals surface area (Å²) in [7, 11) is -0.0761. The Morgan fingerprint density at radius 1 is 2.00 bits per heavy atom. The number of nitrogens with two attached hydrogens (primary N) is 1. The molecule has 0 saturated carbocycles. The van der Waals surface area contributed by atoms with E-state index in [9.17, 15) is 0 Å². The normalized spacial score (nSPS) is 28.7. The number of hydrogen-bond donors (Lipinski definition) is 1. The SMILES string of the molecule is C=CP1C=C1N. The topological polar surface area (TPSA) is 26.0 Å². The molecule has 1 heterocycles. The maximum absolute atomic E-state index is 5.30. The third-order valence-corrected chi connectivity index (χ3v) is 2.10. The second kappa shape index (κ2) is 1.09. The molecule has 0 aliphatic carbocycles. The van der Waals surface area contributed by atoms with E-state index in [1.54, 1.807) is 0 Å². The zero-order chi connectivity index (χ0) is 4.57. The molecule has 2 heteroatoms. The van der Waals surface area contributed by atoms with Gasteiger partial charge in [-0.05, 0) is 13.7 Å². The second-order valence-corrected chi connectivity index (χ2v) is 3.10. The summed E-state index contributed by atoms with van der Waals surface area (Å²) in [4.78, 5) is 0. The lowest BCUT2D eigenvalue weighted by molar-refractivity contribution is 1.61. The largest absolute Gasteiger partial charge is 0.398 e. The summed E-state index contributed by atoms with van der Waals surface area (Å²) in [5.74, 6) is 3.92. The van der Waals surface area contributed by atoms with Gasteiger partial charge >= 0.3 is 0 Å². The zero-order valence-electron chi connectivity index (χ0n) is 3.39. The quantitative estimate of drug-likeness (QED) is 0.494. The molecule has 2 N–H and O–H groups in total. The molecule has 0 amide bonds. The molecule has 0 aromatic rings. The van der Waals surface area contributed by atoms with Gasteiger partial charge in [0.1, 0.15) is 0 Å². The van der Waals surface area contributed by atoms with Gasteiger partial charge in [-0.1, -0.05) is 12.4 Å². The Bertz CT molecular complexity index is 106. The van der Waals surface area contributed by atoms with E-state index >= 15 is 0 Å². The molecule has 1 atom stereocenters. The zero-order valence-corrected chi connectivity index (χ0v) is 4.28. The van der Waals surface area contributed by atoms with Crippen LogP contribution in [0.25, 0.3) is 0 Å². The van der Waals surface area contributed by atoms with Crippen molar-refractivity contribution in [1.82, 2.24) is 0 Å². The first-order chi connectivity index (χ1) is 2.84. The molecule has 1 rings (SSSR count). The summed E-state index contributed by atoms with van der Waals surface area (Å²) in [5, 5.41) is 0. The van der Waals surface area contributed by atoms with Gasteiger partial charge in [-0.3, -0.25) is 0 Å². The van der Waals surface area contributed by atoms with Crippen molar-refractivity contribution in [1.29, 1.82) is 0 Å². The van der Waals surface area contributed by atoms with E-state index in [1.807, 2.05) is 11.6 Å². The van der Waals surface area contributed by atoms with Gasteiger partial charge in [0.05, 0.1) is 0 Å². The van der Waals surface area contributed by atoms with E-state index in [1.165, 1.54) is 0 Å². The Balaban J connectivity index is 2.35. The van der Waals surface area contributed by atoms with Crippen LogP contribution >= 0.6 is 7.92 Å². The third-order valence-electron chi connectivity index (χ3n) is 0.698. The molecular formula is C4H6NP. The highest BCUT2D eigenvalue weighted by Crippen LogP contribution is 2.58. The molecule has 0 saturated heterocycles. The molecule has 32 valence electrons. The predicted octanol–water partition coefficient (Wildman–Crippen LogP) is 1.38. The smallest absolute Gasteiger partial charge is 0.0409 e. The van der Waals surface area contributed by atoms with Gasteiger partial charge in [0, 0.05) is 5.44 Å². The molecule has 1 aliphatic heterocycles. The van der Waals surface area contributed by atoms with Crippen LogP contribution in [0.1, 0.15) is 0 Å². The van der Waals surface area contributed by atoms with Crippen LogP contribution in [-0.2, 0) is 0 Å². The van der Waals surface area contributed by atoms with Crippen LogP contribution in [0.4, 0.5) is 0 Å². The van der Waals surface area contributed by atoms with Gasteiger partial charge in [-0.25, -0.2) is 0 Å². The first kappa shape index (κ1) is 3.89. The fourth-order valence-electron chi connectivity index (χ4n) is 0.272. The maximum atomic E-state index is 5.30. The van der Waals surface area contributed by atoms with Crippen molar-refractivity contribution in [2.45, 2.75) is 0 Å². The highest BCUT2D eigenvalue weighted by atomic mass is 31.1. The minimum Gasteiger partial charge on any atom is -0.398 e. The van der Waals surface area contributed by atoms with Gasteiger partial charge < -0.3 is 5.73 Å². The Morgan fingerprint density at radius 2 is 2.50 bits per heavy atom. The third kappa shape index (κ3) is 0.458. The summed E-state index contributed by atoms with van der Waals surface area (Å²) in [6.45, 7) is 3.57. The van der Waals surface area contributed by atoms with E-state index < -0.39 is 0 Å². The average Bonchev–Trinajstić information content (AvgIpc) is 2.19. The van der Waals surface area contributed by atoms with Gasteiger partial charge in [0.25, 0.3) is 0 Å². The van der Waals surface area contributed by atoms with Crippen LogP contribution in [0.3, 0.4) is 0 Å². The summed E-state index contributed by atoms with van der Waals surface area (Å²) in [6, 6.07) is 0. The Labute approximate surface area is 38.3 Å². The van der Waals surface area contributed by atoms with Crippen LogP contribution in [0, 0.1) is 0 Å². The van der Waals surface area contributed by atoms with Crippen molar-refractivity contribution < 1.29 is 0 Å². The molecule has 0 bridgehead atoms. The first-order valence-corrected chi connectivity index (χ1v) is 3.21. The Morgan fingerprint density at radius 3 is 2.50 bits per heavy atom. The van der Waals surface area contributed by atoms with E-state index in [0.717, 1.165) is 5.44 Å². The summed E-state index contributed by atoms with van der Waals surface area (Å²) >= 11 is 0. The fourth-order valence-corrected chi connectivity index (χ4v) is 1.02. The van der Waals surface area contributed by atoms with Gasteiger partial charge in [-0.2, -0.15) is 0 Å². The number of hydrogen-bond acceptors (Lipinski definition) is 1. The van der Waals surface area contributed by atoms with E-state index in [2.05, 4.69) is 6.58 Å².